The average Bonchev–Trinajstić information content (AvgIpc) is 3.21. The molecule has 2 atom stereocenters. The number of aromatic nitrogens is 4. The largest absolute Gasteiger partial charge is 0.314 e. The standard InChI is InChI=1S/C16H19N5/c1-11-4-12(6-17-11)10-21-16-3-2-13(5-14(16)9-20-21)15-7-18-19-8-15/h2-3,5,7-9,11-12,17H,4,6,10H2,1H3,(H,18,19). The predicted octanol–water partition coefficient (Wildman–Crippen LogP) is 2.42. The van der Waals surface area contributed by atoms with E-state index in [1.54, 1.807) is 0 Å². The number of hydrogen-bond acceptors (Lipinski definition) is 3. The van der Waals surface area contributed by atoms with E-state index in [4.69, 9.17) is 0 Å². The van der Waals surface area contributed by atoms with Crippen molar-refractivity contribution in [3.05, 3.63) is 36.8 Å². The third-order valence-electron chi connectivity index (χ3n) is 4.35. The van der Waals surface area contributed by atoms with Crippen LogP contribution in [0, 0.1) is 5.92 Å². The van der Waals surface area contributed by atoms with Crippen LogP contribution in [-0.4, -0.2) is 32.6 Å². The van der Waals surface area contributed by atoms with Gasteiger partial charge in [0.1, 0.15) is 0 Å². The SMILES string of the molecule is CC1CC(Cn2ncc3cc(-c4cn[nH]c4)ccc32)CN1. The predicted molar refractivity (Wildman–Crippen MR) is 82.9 cm³/mol. The molecule has 2 unspecified atom stereocenters. The first-order chi connectivity index (χ1) is 10.3. The Balaban J connectivity index is 1.63. The molecule has 1 aliphatic rings. The summed E-state index contributed by atoms with van der Waals surface area (Å²) in [5.74, 6) is 0.677. The van der Waals surface area contributed by atoms with Gasteiger partial charge in [-0.3, -0.25) is 9.78 Å². The van der Waals surface area contributed by atoms with E-state index < -0.39 is 0 Å². The topological polar surface area (TPSA) is 58.5 Å². The highest BCUT2D eigenvalue weighted by Gasteiger charge is 2.21. The van der Waals surface area contributed by atoms with Crippen LogP contribution in [0.5, 0.6) is 0 Å². The van der Waals surface area contributed by atoms with Gasteiger partial charge < -0.3 is 5.32 Å². The second-order valence-electron chi connectivity index (χ2n) is 6.00. The van der Waals surface area contributed by atoms with E-state index in [0.29, 0.717) is 12.0 Å². The maximum Gasteiger partial charge on any atom is 0.0682 e. The molecule has 0 amide bonds. The van der Waals surface area contributed by atoms with Crippen molar-refractivity contribution in [3.8, 4) is 11.1 Å². The summed E-state index contributed by atoms with van der Waals surface area (Å²) >= 11 is 0. The fraction of sp³-hybridized carbons (Fsp3) is 0.375. The number of nitrogens with zero attached hydrogens (tertiary/aromatic N) is 3. The van der Waals surface area contributed by atoms with Crippen molar-refractivity contribution in [1.82, 2.24) is 25.3 Å². The summed E-state index contributed by atoms with van der Waals surface area (Å²) in [6.45, 7) is 4.33. The van der Waals surface area contributed by atoms with Crippen molar-refractivity contribution in [2.45, 2.75) is 25.9 Å². The summed E-state index contributed by atoms with van der Waals surface area (Å²) in [6.07, 6.45) is 6.95. The molecule has 5 nitrogen and oxygen atoms in total. The van der Waals surface area contributed by atoms with E-state index in [1.807, 2.05) is 18.6 Å². The normalized spacial score (nSPS) is 22.1. The zero-order valence-electron chi connectivity index (χ0n) is 12.1. The Kier molecular flexibility index (Phi) is 3.00. The van der Waals surface area contributed by atoms with E-state index >= 15 is 0 Å². The number of nitrogens with one attached hydrogen (secondary N) is 2. The number of hydrogen-bond donors (Lipinski definition) is 2. The average molecular weight is 281 g/mol. The summed E-state index contributed by atoms with van der Waals surface area (Å²) in [4.78, 5) is 0. The van der Waals surface area contributed by atoms with Crippen LogP contribution in [0.25, 0.3) is 22.0 Å². The van der Waals surface area contributed by atoms with Crippen molar-refractivity contribution in [3.63, 3.8) is 0 Å². The van der Waals surface area contributed by atoms with Gasteiger partial charge in [0.2, 0.25) is 0 Å². The molecular formula is C16H19N5. The maximum absolute atomic E-state index is 4.57. The lowest BCUT2D eigenvalue weighted by Crippen LogP contribution is -2.18. The van der Waals surface area contributed by atoms with Crippen LogP contribution in [0.15, 0.2) is 36.8 Å². The van der Waals surface area contributed by atoms with Crippen LogP contribution in [0.1, 0.15) is 13.3 Å². The van der Waals surface area contributed by atoms with Crippen molar-refractivity contribution in [2.24, 2.45) is 5.92 Å². The molecule has 0 bridgehead atoms. The van der Waals surface area contributed by atoms with Gasteiger partial charge in [0, 0.05) is 36.3 Å². The van der Waals surface area contributed by atoms with Gasteiger partial charge in [0.25, 0.3) is 0 Å². The van der Waals surface area contributed by atoms with Crippen LogP contribution in [0.2, 0.25) is 0 Å². The fourth-order valence-corrected chi connectivity index (χ4v) is 3.24. The Morgan fingerprint density at radius 1 is 1.29 bits per heavy atom. The summed E-state index contributed by atoms with van der Waals surface area (Å²) in [5, 5.41) is 16.1. The van der Waals surface area contributed by atoms with Crippen molar-refractivity contribution in [2.75, 3.05) is 6.54 Å². The third kappa shape index (κ3) is 2.34. The lowest BCUT2D eigenvalue weighted by Gasteiger charge is -2.10. The Morgan fingerprint density at radius 2 is 2.24 bits per heavy atom. The lowest BCUT2D eigenvalue weighted by molar-refractivity contribution is 0.453. The molecule has 1 saturated heterocycles. The summed E-state index contributed by atoms with van der Waals surface area (Å²) in [7, 11) is 0. The number of H-pyrrole nitrogens is 1. The molecule has 5 heteroatoms. The molecule has 0 aliphatic carbocycles. The van der Waals surface area contributed by atoms with E-state index in [-0.39, 0.29) is 0 Å². The van der Waals surface area contributed by atoms with E-state index in [2.05, 4.69) is 50.4 Å². The zero-order valence-corrected chi connectivity index (χ0v) is 12.1. The molecule has 2 aromatic heterocycles. The highest BCUT2D eigenvalue weighted by Crippen LogP contribution is 2.25. The molecule has 0 spiro atoms. The smallest absolute Gasteiger partial charge is 0.0682 e. The number of rotatable bonds is 3. The van der Waals surface area contributed by atoms with Crippen LogP contribution in [0.3, 0.4) is 0 Å². The molecule has 108 valence electrons. The monoisotopic (exact) mass is 281 g/mol. The zero-order chi connectivity index (χ0) is 14.2. The summed E-state index contributed by atoms with van der Waals surface area (Å²) < 4.78 is 2.14. The second kappa shape index (κ2) is 5.00. The quantitative estimate of drug-likeness (QED) is 0.775. The number of aromatic amines is 1. The highest BCUT2D eigenvalue weighted by atomic mass is 15.3. The van der Waals surface area contributed by atoms with Crippen LogP contribution in [0.4, 0.5) is 0 Å². The fourth-order valence-electron chi connectivity index (χ4n) is 3.24. The van der Waals surface area contributed by atoms with Gasteiger partial charge in [-0.2, -0.15) is 10.2 Å². The Bertz CT molecular complexity index is 743. The number of fused-ring (bicyclic) bond motifs is 1. The molecular weight excluding hydrogens is 262 g/mol. The second-order valence-corrected chi connectivity index (χ2v) is 6.00. The van der Waals surface area contributed by atoms with Crippen molar-refractivity contribution >= 4 is 10.9 Å². The number of benzene rings is 1. The Hall–Kier alpha value is -2.14. The van der Waals surface area contributed by atoms with E-state index in [9.17, 15) is 0 Å². The van der Waals surface area contributed by atoms with Gasteiger partial charge in [-0.05, 0) is 37.0 Å². The Labute approximate surface area is 123 Å². The minimum absolute atomic E-state index is 0.629. The summed E-state index contributed by atoms with van der Waals surface area (Å²) in [6, 6.07) is 7.11. The molecule has 1 fully saturated rings. The Morgan fingerprint density at radius 3 is 3.00 bits per heavy atom. The van der Waals surface area contributed by atoms with Gasteiger partial charge in [-0.25, -0.2) is 0 Å². The van der Waals surface area contributed by atoms with Crippen LogP contribution in [-0.2, 0) is 6.54 Å². The molecule has 1 aliphatic heterocycles. The van der Waals surface area contributed by atoms with Gasteiger partial charge in [0.05, 0.1) is 17.9 Å². The molecule has 0 radical (unpaired) electrons. The molecule has 4 rings (SSSR count). The first-order valence-electron chi connectivity index (χ1n) is 7.48. The van der Waals surface area contributed by atoms with Crippen molar-refractivity contribution < 1.29 is 0 Å². The molecule has 0 saturated carbocycles. The minimum atomic E-state index is 0.629. The minimum Gasteiger partial charge on any atom is -0.314 e. The van der Waals surface area contributed by atoms with Gasteiger partial charge in [-0.1, -0.05) is 6.07 Å². The molecule has 1 aromatic carbocycles. The highest BCUT2D eigenvalue weighted by molar-refractivity contribution is 5.84. The first-order valence-corrected chi connectivity index (χ1v) is 7.48. The molecule has 2 N–H and O–H groups in total. The van der Waals surface area contributed by atoms with Gasteiger partial charge in [-0.15, -0.1) is 0 Å². The third-order valence-corrected chi connectivity index (χ3v) is 4.35. The van der Waals surface area contributed by atoms with Crippen molar-refractivity contribution in [1.29, 1.82) is 0 Å². The lowest BCUT2D eigenvalue weighted by atomic mass is 10.1. The molecule has 3 heterocycles. The van der Waals surface area contributed by atoms with E-state index in [0.717, 1.165) is 18.7 Å². The van der Waals surface area contributed by atoms with Crippen LogP contribution >= 0.6 is 0 Å². The van der Waals surface area contributed by atoms with E-state index in [1.165, 1.54) is 22.9 Å². The van der Waals surface area contributed by atoms with Gasteiger partial charge >= 0.3 is 0 Å². The molecule has 21 heavy (non-hydrogen) atoms. The van der Waals surface area contributed by atoms with Gasteiger partial charge in [0.15, 0.2) is 0 Å². The van der Waals surface area contributed by atoms with Crippen LogP contribution < -0.4 is 5.32 Å². The molecule has 3 aromatic rings. The summed E-state index contributed by atoms with van der Waals surface area (Å²) in [5.41, 5.74) is 3.49. The first kappa shape index (κ1) is 12.6. The maximum atomic E-state index is 4.57.